The van der Waals surface area contributed by atoms with Crippen LogP contribution in [0.5, 0.6) is 0 Å². The summed E-state index contributed by atoms with van der Waals surface area (Å²) in [5, 5.41) is 0. The van der Waals surface area contributed by atoms with Gasteiger partial charge in [-0.2, -0.15) is 0 Å². The van der Waals surface area contributed by atoms with Gasteiger partial charge in [-0.3, -0.25) is 0 Å². The predicted molar refractivity (Wildman–Crippen MR) is 78.7 cm³/mol. The average molecular weight is 283 g/mol. The van der Waals surface area contributed by atoms with Crippen molar-refractivity contribution >= 4 is 6.09 Å². The summed E-state index contributed by atoms with van der Waals surface area (Å²) in [5.74, 6) is 1.35. The molecule has 1 amide bonds. The van der Waals surface area contributed by atoms with Gasteiger partial charge >= 0.3 is 6.09 Å². The van der Waals surface area contributed by atoms with Gasteiger partial charge in [0.25, 0.3) is 0 Å². The van der Waals surface area contributed by atoms with Crippen LogP contribution in [-0.4, -0.2) is 41.9 Å². The molecule has 2 rings (SSSR count). The largest absolute Gasteiger partial charge is 0.444 e. The van der Waals surface area contributed by atoms with Crippen LogP contribution in [0.2, 0.25) is 0 Å². The smallest absolute Gasteiger partial charge is 0.410 e. The van der Waals surface area contributed by atoms with Crippen LogP contribution in [0.1, 0.15) is 53.9 Å². The van der Waals surface area contributed by atoms with Gasteiger partial charge in [-0.25, -0.2) is 4.79 Å². The van der Waals surface area contributed by atoms with E-state index in [9.17, 15) is 4.79 Å². The molecule has 0 aliphatic carbocycles. The van der Waals surface area contributed by atoms with Crippen LogP contribution in [0.25, 0.3) is 0 Å². The number of nitrogens with zero attached hydrogens (tertiary/aromatic N) is 1. The quantitative estimate of drug-likeness (QED) is 0.740. The highest BCUT2D eigenvalue weighted by Crippen LogP contribution is 2.41. The molecule has 1 unspecified atom stereocenters. The van der Waals surface area contributed by atoms with Crippen molar-refractivity contribution in [1.82, 2.24) is 4.90 Å². The second-order valence-corrected chi connectivity index (χ2v) is 7.67. The Morgan fingerprint density at radius 3 is 2.35 bits per heavy atom. The summed E-state index contributed by atoms with van der Waals surface area (Å²) in [6.45, 7) is 12.6. The second kappa shape index (κ2) is 5.55. The van der Waals surface area contributed by atoms with Crippen LogP contribution in [-0.2, 0) is 9.47 Å². The van der Waals surface area contributed by atoms with E-state index in [0.717, 1.165) is 39.0 Å². The summed E-state index contributed by atoms with van der Waals surface area (Å²) in [6.07, 6.45) is 2.84. The number of piperidine rings is 1. The highest BCUT2D eigenvalue weighted by atomic mass is 16.6. The van der Waals surface area contributed by atoms with Gasteiger partial charge in [-0.05, 0) is 51.9 Å². The maximum Gasteiger partial charge on any atom is 0.410 e. The number of hydrogen-bond acceptors (Lipinski definition) is 3. The van der Waals surface area contributed by atoms with Crippen LogP contribution in [0.3, 0.4) is 0 Å². The molecule has 4 heteroatoms. The summed E-state index contributed by atoms with van der Waals surface area (Å²) in [5.41, 5.74) is -0.397. The first-order valence-electron chi connectivity index (χ1n) is 7.83. The Morgan fingerprint density at radius 1 is 1.30 bits per heavy atom. The third kappa shape index (κ3) is 3.66. The van der Waals surface area contributed by atoms with Crippen molar-refractivity contribution in [2.75, 3.05) is 19.7 Å². The van der Waals surface area contributed by atoms with E-state index >= 15 is 0 Å². The molecule has 0 radical (unpaired) electrons. The third-order valence-corrected chi connectivity index (χ3v) is 4.51. The van der Waals surface area contributed by atoms with Gasteiger partial charge < -0.3 is 14.4 Å². The van der Waals surface area contributed by atoms with Crippen molar-refractivity contribution in [3.05, 3.63) is 0 Å². The first kappa shape index (κ1) is 15.6. The molecule has 4 nitrogen and oxygen atoms in total. The molecule has 0 aromatic rings. The van der Waals surface area contributed by atoms with Gasteiger partial charge in [0.15, 0.2) is 0 Å². The fraction of sp³-hybridized carbons (Fsp3) is 0.938. The molecule has 0 bridgehead atoms. The van der Waals surface area contributed by atoms with E-state index in [-0.39, 0.29) is 11.7 Å². The third-order valence-electron chi connectivity index (χ3n) is 4.51. The Kier molecular flexibility index (Phi) is 4.33. The number of likely N-dealkylation sites (tertiary alicyclic amines) is 1. The molecule has 2 aliphatic heterocycles. The Hall–Kier alpha value is -0.770. The molecular weight excluding hydrogens is 254 g/mol. The van der Waals surface area contributed by atoms with Crippen LogP contribution in [0.15, 0.2) is 0 Å². The van der Waals surface area contributed by atoms with E-state index in [1.807, 2.05) is 25.7 Å². The van der Waals surface area contributed by atoms with Crippen LogP contribution < -0.4 is 0 Å². The summed E-state index contributed by atoms with van der Waals surface area (Å²) in [7, 11) is 0. The SMILES string of the molecule is CC(C)C1COC2(CCN(C(=O)OC(C)(C)C)CC2)C1. The molecule has 116 valence electrons. The van der Waals surface area contributed by atoms with Gasteiger partial charge in [0.1, 0.15) is 5.60 Å². The molecule has 0 aromatic heterocycles. The van der Waals surface area contributed by atoms with Gasteiger partial charge in [-0.15, -0.1) is 0 Å². The zero-order chi connectivity index (χ0) is 15.0. The topological polar surface area (TPSA) is 38.8 Å². The fourth-order valence-corrected chi connectivity index (χ4v) is 3.08. The van der Waals surface area contributed by atoms with Crippen molar-refractivity contribution < 1.29 is 14.3 Å². The van der Waals surface area contributed by atoms with E-state index in [1.54, 1.807) is 0 Å². The minimum atomic E-state index is -0.418. The summed E-state index contributed by atoms with van der Waals surface area (Å²) >= 11 is 0. The lowest BCUT2D eigenvalue weighted by molar-refractivity contribution is -0.0487. The van der Waals surface area contributed by atoms with Crippen molar-refractivity contribution in [2.45, 2.75) is 65.1 Å². The van der Waals surface area contributed by atoms with Gasteiger partial charge in [0.05, 0.1) is 12.2 Å². The Bertz CT molecular complexity index is 351. The maximum absolute atomic E-state index is 12.1. The number of carbonyl (C=O) groups is 1. The molecule has 1 atom stereocenters. The lowest BCUT2D eigenvalue weighted by atomic mass is 9.82. The standard InChI is InChI=1S/C16H29NO3/c1-12(2)13-10-16(19-11-13)6-8-17(9-7-16)14(18)20-15(3,4)5/h12-13H,6-11H2,1-5H3. The molecule has 2 fully saturated rings. The van der Waals surface area contributed by atoms with Gasteiger partial charge in [0.2, 0.25) is 0 Å². The number of amides is 1. The average Bonchev–Trinajstić information content (AvgIpc) is 2.72. The van der Waals surface area contributed by atoms with E-state index in [1.165, 1.54) is 0 Å². The van der Waals surface area contributed by atoms with E-state index in [0.29, 0.717) is 11.8 Å². The second-order valence-electron chi connectivity index (χ2n) is 7.67. The van der Waals surface area contributed by atoms with Gasteiger partial charge in [0, 0.05) is 13.1 Å². The number of hydrogen-bond donors (Lipinski definition) is 0. The Morgan fingerprint density at radius 2 is 1.90 bits per heavy atom. The highest BCUT2D eigenvalue weighted by Gasteiger charge is 2.44. The normalized spacial score (nSPS) is 26.3. The number of rotatable bonds is 1. The molecule has 2 heterocycles. The molecule has 1 spiro atoms. The van der Waals surface area contributed by atoms with Crippen molar-refractivity contribution in [3.63, 3.8) is 0 Å². The highest BCUT2D eigenvalue weighted by molar-refractivity contribution is 5.68. The Balaban J connectivity index is 1.85. The van der Waals surface area contributed by atoms with E-state index in [2.05, 4.69) is 13.8 Å². The fourth-order valence-electron chi connectivity index (χ4n) is 3.08. The number of carbonyl (C=O) groups excluding carboxylic acids is 1. The zero-order valence-corrected chi connectivity index (χ0v) is 13.6. The van der Waals surface area contributed by atoms with Crippen LogP contribution in [0.4, 0.5) is 4.79 Å². The molecule has 0 aromatic carbocycles. The first-order valence-corrected chi connectivity index (χ1v) is 7.83. The van der Waals surface area contributed by atoms with E-state index < -0.39 is 5.60 Å². The van der Waals surface area contributed by atoms with Crippen LogP contribution >= 0.6 is 0 Å². The summed E-state index contributed by atoms with van der Waals surface area (Å²) < 4.78 is 11.5. The minimum Gasteiger partial charge on any atom is -0.444 e. The minimum absolute atomic E-state index is 0.0213. The molecule has 20 heavy (non-hydrogen) atoms. The maximum atomic E-state index is 12.1. The monoisotopic (exact) mass is 283 g/mol. The molecule has 0 N–H and O–H groups in total. The van der Waals surface area contributed by atoms with Crippen molar-refractivity contribution in [1.29, 1.82) is 0 Å². The lowest BCUT2D eigenvalue weighted by Crippen LogP contribution is -2.48. The van der Waals surface area contributed by atoms with Crippen molar-refractivity contribution in [3.8, 4) is 0 Å². The molecular formula is C16H29NO3. The van der Waals surface area contributed by atoms with Crippen LogP contribution in [0, 0.1) is 11.8 Å². The predicted octanol–water partition coefficient (Wildman–Crippen LogP) is 3.45. The zero-order valence-electron chi connectivity index (χ0n) is 13.6. The molecule has 2 saturated heterocycles. The summed E-state index contributed by atoms with van der Waals surface area (Å²) in [4.78, 5) is 13.9. The van der Waals surface area contributed by atoms with Gasteiger partial charge in [-0.1, -0.05) is 13.8 Å². The number of ether oxygens (including phenoxy) is 2. The summed E-state index contributed by atoms with van der Waals surface area (Å²) in [6, 6.07) is 0. The van der Waals surface area contributed by atoms with Crippen molar-refractivity contribution in [2.24, 2.45) is 11.8 Å². The Labute approximate surface area is 122 Å². The first-order chi connectivity index (χ1) is 9.21. The molecule has 0 saturated carbocycles. The lowest BCUT2D eigenvalue weighted by Gasteiger charge is -2.39. The van der Waals surface area contributed by atoms with E-state index in [4.69, 9.17) is 9.47 Å². The molecule has 2 aliphatic rings.